The van der Waals surface area contributed by atoms with Crippen LogP contribution in [0.5, 0.6) is 0 Å². The molecule has 0 aromatic heterocycles. The summed E-state index contributed by atoms with van der Waals surface area (Å²) < 4.78 is 0. The molecule has 1 rings (SSSR count). The fraction of sp³-hybridized carbons (Fsp3) is 0.500. The third kappa shape index (κ3) is 4.56. The summed E-state index contributed by atoms with van der Waals surface area (Å²) in [7, 11) is 0. The zero-order valence-corrected chi connectivity index (χ0v) is 13.0. The average Bonchev–Trinajstić information content (AvgIpc) is 2.46. The van der Waals surface area contributed by atoms with Crippen LogP contribution >= 0.6 is 0 Å². The van der Waals surface area contributed by atoms with E-state index in [0.29, 0.717) is 6.54 Å². The number of carbonyl (C=O) groups is 2. The van der Waals surface area contributed by atoms with Crippen LogP contribution in [0.2, 0.25) is 0 Å². The highest BCUT2D eigenvalue weighted by Gasteiger charge is 2.33. The standard InChI is InChI=1S/C16H25N3O2/c1-4-11(2)14(15(18)20)19(16(21)12(3)17)10-13-8-6-5-7-9-13/h5-9,11-12,14H,4,10,17H2,1-3H3,(H2,18,20). The smallest absolute Gasteiger partial charge is 0.240 e. The van der Waals surface area contributed by atoms with Crippen LogP contribution in [0.25, 0.3) is 0 Å². The average molecular weight is 291 g/mol. The van der Waals surface area contributed by atoms with Crippen molar-refractivity contribution in [2.24, 2.45) is 17.4 Å². The molecule has 1 aromatic rings. The zero-order valence-electron chi connectivity index (χ0n) is 13.0. The molecule has 0 saturated heterocycles. The van der Waals surface area contributed by atoms with Crippen LogP contribution in [0.4, 0.5) is 0 Å². The van der Waals surface area contributed by atoms with E-state index in [1.54, 1.807) is 6.92 Å². The molecule has 3 unspecified atom stereocenters. The Labute approximate surface area is 126 Å². The van der Waals surface area contributed by atoms with Crippen molar-refractivity contribution in [3.63, 3.8) is 0 Å². The Morgan fingerprint density at radius 1 is 1.19 bits per heavy atom. The van der Waals surface area contributed by atoms with Crippen molar-refractivity contribution in [2.45, 2.75) is 45.8 Å². The van der Waals surface area contributed by atoms with Gasteiger partial charge in [-0.2, -0.15) is 0 Å². The van der Waals surface area contributed by atoms with Crippen molar-refractivity contribution in [3.8, 4) is 0 Å². The van der Waals surface area contributed by atoms with E-state index in [4.69, 9.17) is 11.5 Å². The highest BCUT2D eigenvalue weighted by atomic mass is 16.2. The predicted octanol–water partition coefficient (Wildman–Crippen LogP) is 1.26. The summed E-state index contributed by atoms with van der Waals surface area (Å²) in [5.41, 5.74) is 12.2. The Hall–Kier alpha value is -1.88. The summed E-state index contributed by atoms with van der Waals surface area (Å²) in [5.74, 6) is -0.772. The summed E-state index contributed by atoms with van der Waals surface area (Å²) in [5, 5.41) is 0. The molecular formula is C16H25N3O2. The molecule has 4 N–H and O–H groups in total. The molecule has 0 bridgehead atoms. The first-order valence-corrected chi connectivity index (χ1v) is 7.27. The van der Waals surface area contributed by atoms with Crippen molar-refractivity contribution in [1.82, 2.24) is 4.90 Å². The summed E-state index contributed by atoms with van der Waals surface area (Å²) in [4.78, 5) is 25.8. The maximum absolute atomic E-state index is 12.4. The number of amides is 2. The predicted molar refractivity (Wildman–Crippen MR) is 83.1 cm³/mol. The first-order valence-electron chi connectivity index (χ1n) is 7.27. The molecule has 0 aliphatic heterocycles. The lowest BCUT2D eigenvalue weighted by molar-refractivity contribution is -0.142. The van der Waals surface area contributed by atoms with Gasteiger partial charge in [-0.3, -0.25) is 9.59 Å². The molecule has 0 radical (unpaired) electrons. The minimum absolute atomic E-state index is 0.0195. The lowest BCUT2D eigenvalue weighted by atomic mass is 9.95. The van der Waals surface area contributed by atoms with Crippen molar-refractivity contribution in [2.75, 3.05) is 0 Å². The Morgan fingerprint density at radius 2 is 1.76 bits per heavy atom. The fourth-order valence-corrected chi connectivity index (χ4v) is 2.32. The minimum Gasteiger partial charge on any atom is -0.368 e. The van der Waals surface area contributed by atoms with Crippen LogP contribution in [0, 0.1) is 5.92 Å². The summed E-state index contributed by atoms with van der Waals surface area (Å²) in [6.45, 7) is 5.84. The van der Waals surface area contributed by atoms with Crippen LogP contribution in [-0.2, 0) is 16.1 Å². The number of primary amides is 1. The van der Waals surface area contributed by atoms with E-state index in [1.165, 1.54) is 4.90 Å². The molecule has 0 spiro atoms. The van der Waals surface area contributed by atoms with Gasteiger partial charge >= 0.3 is 0 Å². The topological polar surface area (TPSA) is 89.4 Å². The van der Waals surface area contributed by atoms with E-state index in [-0.39, 0.29) is 11.8 Å². The third-order valence-electron chi connectivity index (χ3n) is 3.68. The molecule has 0 saturated carbocycles. The Bertz CT molecular complexity index is 474. The van der Waals surface area contributed by atoms with Gasteiger partial charge in [0.25, 0.3) is 0 Å². The van der Waals surface area contributed by atoms with Gasteiger partial charge in [-0.1, -0.05) is 50.6 Å². The van der Waals surface area contributed by atoms with Crippen LogP contribution in [0.15, 0.2) is 30.3 Å². The largest absolute Gasteiger partial charge is 0.368 e. The third-order valence-corrected chi connectivity index (χ3v) is 3.68. The van der Waals surface area contributed by atoms with E-state index in [9.17, 15) is 9.59 Å². The molecular weight excluding hydrogens is 266 g/mol. The maximum Gasteiger partial charge on any atom is 0.240 e. The van der Waals surface area contributed by atoms with Gasteiger partial charge in [-0.05, 0) is 18.4 Å². The van der Waals surface area contributed by atoms with Crippen LogP contribution in [0.3, 0.4) is 0 Å². The first kappa shape index (κ1) is 17.2. The highest BCUT2D eigenvalue weighted by molar-refractivity contribution is 5.89. The first-order chi connectivity index (χ1) is 9.88. The number of carbonyl (C=O) groups excluding carboxylic acids is 2. The minimum atomic E-state index is -0.667. The molecule has 5 heteroatoms. The molecule has 116 valence electrons. The Balaban J connectivity index is 3.11. The second-order valence-electron chi connectivity index (χ2n) is 5.47. The van der Waals surface area contributed by atoms with Crippen LogP contribution in [0.1, 0.15) is 32.8 Å². The van der Waals surface area contributed by atoms with Crippen molar-refractivity contribution >= 4 is 11.8 Å². The van der Waals surface area contributed by atoms with Gasteiger partial charge in [0, 0.05) is 6.54 Å². The maximum atomic E-state index is 12.4. The number of benzene rings is 1. The second-order valence-corrected chi connectivity index (χ2v) is 5.47. The lowest BCUT2D eigenvalue weighted by Crippen LogP contribution is -2.54. The van der Waals surface area contributed by atoms with Gasteiger partial charge in [0.1, 0.15) is 6.04 Å². The number of nitrogens with zero attached hydrogens (tertiary/aromatic N) is 1. The molecule has 21 heavy (non-hydrogen) atoms. The molecule has 0 fully saturated rings. The zero-order chi connectivity index (χ0) is 16.0. The summed E-state index contributed by atoms with van der Waals surface area (Å²) >= 11 is 0. The summed E-state index contributed by atoms with van der Waals surface area (Å²) in [6, 6.07) is 8.21. The number of hydrogen-bond donors (Lipinski definition) is 2. The molecule has 0 aliphatic rings. The van der Waals surface area contributed by atoms with E-state index in [1.807, 2.05) is 44.2 Å². The van der Waals surface area contributed by atoms with Crippen molar-refractivity contribution in [1.29, 1.82) is 0 Å². The monoisotopic (exact) mass is 291 g/mol. The van der Waals surface area contributed by atoms with Gasteiger partial charge in [-0.25, -0.2) is 0 Å². The lowest BCUT2D eigenvalue weighted by Gasteiger charge is -2.34. The molecule has 0 aliphatic carbocycles. The fourth-order valence-electron chi connectivity index (χ4n) is 2.32. The Kier molecular flexibility index (Phi) is 6.37. The second kappa shape index (κ2) is 7.78. The SMILES string of the molecule is CCC(C)C(C(N)=O)N(Cc1ccccc1)C(=O)C(C)N. The Morgan fingerprint density at radius 3 is 2.19 bits per heavy atom. The molecule has 5 nitrogen and oxygen atoms in total. The van der Waals surface area contributed by atoms with Gasteiger partial charge < -0.3 is 16.4 Å². The number of rotatable bonds is 7. The van der Waals surface area contributed by atoms with Gasteiger partial charge in [0.2, 0.25) is 11.8 Å². The summed E-state index contributed by atoms with van der Waals surface area (Å²) in [6.07, 6.45) is 0.755. The molecule has 0 heterocycles. The van der Waals surface area contributed by atoms with E-state index < -0.39 is 18.0 Å². The van der Waals surface area contributed by atoms with Crippen molar-refractivity contribution in [3.05, 3.63) is 35.9 Å². The molecule has 3 atom stereocenters. The highest BCUT2D eigenvalue weighted by Crippen LogP contribution is 2.18. The molecule has 1 aromatic carbocycles. The molecule has 2 amide bonds. The normalized spacial score (nSPS) is 15.0. The van der Waals surface area contributed by atoms with Gasteiger partial charge in [0.05, 0.1) is 6.04 Å². The number of hydrogen-bond acceptors (Lipinski definition) is 3. The van der Waals surface area contributed by atoms with Crippen molar-refractivity contribution < 1.29 is 9.59 Å². The van der Waals surface area contributed by atoms with E-state index in [0.717, 1.165) is 12.0 Å². The number of nitrogens with two attached hydrogens (primary N) is 2. The van der Waals surface area contributed by atoms with Gasteiger partial charge in [-0.15, -0.1) is 0 Å². The quantitative estimate of drug-likeness (QED) is 0.792. The van der Waals surface area contributed by atoms with Crippen LogP contribution in [-0.4, -0.2) is 28.8 Å². The van der Waals surface area contributed by atoms with E-state index in [2.05, 4.69) is 0 Å². The van der Waals surface area contributed by atoms with E-state index >= 15 is 0 Å². The van der Waals surface area contributed by atoms with Gasteiger partial charge in [0.15, 0.2) is 0 Å². The van der Waals surface area contributed by atoms with Crippen LogP contribution < -0.4 is 11.5 Å².